The van der Waals surface area contributed by atoms with Crippen molar-refractivity contribution in [3.05, 3.63) is 93.0 Å². The fraction of sp³-hybridized carbons (Fsp3) is 0.0952. The van der Waals surface area contributed by atoms with Gasteiger partial charge in [0.05, 0.1) is 5.69 Å². The lowest BCUT2D eigenvalue weighted by Gasteiger charge is -2.07. The first-order valence-corrected chi connectivity index (χ1v) is 9.50. The van der Waals surface area contributed by atoms with Gasteiger partial charge in [-0.1, -0.05) is 29.8 Å². The number of aryl methyl sites for hydroxylation is 1. The summed E-state index contributed by atoms with van der Waals surface area (Å²) in [5.74, 6) is -0.839. The molecule has 140 valence electrons. The number of thiazole rings is 1. The van der Waals surface area contributed by atoms with E-state index in [1.165, 1.54) is 34.1 Å². The van der Waals surface area contributed by atoms with Gasteiger partial charge in [-0.2, -0.15) is 0 Å². The molecule has 0 saturated carbocycles. The number of carbonyl (C=O) groups excluding carboxylic acids is 1. The molecule has 0 unspecified atom stereocenters. The van der Waals surface area contributed by atoms with Crippen molar-refractivity contribution < 1.29 is 9.18 Å². The number of nitrogens with zero attached hydrogens (tertiary/aromatic N) is 2. The number of fused-ring (bicyclic) bond motifs is 1. The van der Waals surface area contributed by atoms with Crippen LogP contribution in [0.5, 0.6) is 0 Å². The number of hydrogen-bond donors (Lipinski definition) is 1. The molecule has 0 radical (unpaired) electrons. The van der Waals surface area contributed by atoms with E-state index in [0.717, 1.165) is 11.1 Å². The second-order valence-corrected chi connectivity index (χ2v) is 7.23. The number of nitrogens with one attached hydrogen (secondary N) is 1. The first kappa shape index (κ1) is 18.1. The normalized spacial score (nSPS) is 10.9. The van der Waals surface area contributed by atoms with E-state index in [0.29, 0.717) is 22.8 Å². The molecular weight excluding hydrogens is 377 g/mol. The Balaban J connectivity index is 1.66. The summed E-state index contributed by atoms with van der Waals surface area (Å²) < 4.78 is 14.6. The molecule has 7 heteroatoms. The highest BCUT2D eigenvalue weighted by Crippen LogP contribution is 2.24. The summed E-state index contributed by atoms with van der Waals surface area (Å²) in [5, 5.41) is 4.53. The molecule has 1 amide bonds. The minimum atomic E-state index is -0.483. The zero-order valence-corrected chi connectivity index (χ0v) is 15.8. The highest BCUT2D eigenvalue weighted by Gasteiger charge is 2.17. The van der Waals surface area contributed by atoms with Gasteiger partial charge < -0.3 is 5.32 Å². The molecule has 0 fully saturated rings. The lowest BCUT2D eigenvalue weighted by atomic mass is 10.1. The van der Waals surface area contributed by atoms with Gasteiger partial charge in [-0.3, -0.25) is 14.0 Å². The zero-order chi connectivity index (χ0) is 19.7. The van der Waals surface area contributed by atoms with Crippen LogP contribution in [0.3, 0.4) is 0 Å². The maximum absolute atomic E-state index is 13.2. The number of carbonyl (C=O) groups is 1. The fourth-order valence-electron chi connectivity index (χ4n) is 2.85. The van der Waals surface area contributed by atoms with Crippen molar-refractivity contribution in [3.63, 3.8) is 0 Å². The largest absolute Gasteiger partial charge is 0.348 e. The van der Waals surface area contributed by atoms with Crippen LogP contribution in [0.25, 0.3) is 16.2 Å². The number of aromatic nitrogens is 2. The van der Waals surface area contributed by atoms with Crippen LogP contribution in [0.15, 0.2) is 64.9 Å². The van der Waals surface area contributed by atoms with Crippen LogP contribution >= 0.6 is 11.3 Å². The summed E-state index contributed by atoms with van der Waals surface area (Å²) >= 11 is 1.29. The second-order valence-electron chi connectivity index (χ2n) is 6.39. The van der Waals surface area contributed by atoms with E-state index in [-0.39, 0.29) is 11.4 Å². The van der Waals surface area contributed by atoms with Crippen LogP contribution in [0.4, 0.5) is 4.39 Å². The zero-order valence-electron chi connectivity index (χ0n) is 15.0. The highest BCUT2D eigenvalue weighted by atomic mass is 32.1. The highest BCUT2D eigenvalue weighted by molar-refractivity contribution is 7.15. The van der Waals surface area contributed by atoms with E-state index in [2.05, 4.69) is 10.3 Å². The molecular formula is C21H16FN3O2S. The van der Waals surface area contributed by atoms with Gasteiger partial charge in [-0.15, -0.1) is 11.3 Å². The Morgan fingerprint density at radius 2 is 1.86 bits per heavy atom. The Hall–Kier alpha value is -3.32. The van der Waals surface area contributed by atoms with E-state index < -0.39 is 11.5 Å². The van der Waals surface area contributed by atoms with Crippen molar-refractivity contribution in [2.45, 2.75) is 13.5 Å². The first-order chi connectivity index (χ1) is 13.5. The van der Waals surface area contributed by atoms with Gasteiger partial charge in [0.1, 0.15) is 11.4 Å². The Bertz CT molecular complexity index is 1210. The minimum Gasteiger partial charge on any atom is -0.348 e. The van der Waals surface area contributed by atoms with Crippen LogP contribution in [0.1, 0.15) is 21.5 Å². The maximum atomic E-state index is 13.2. The molecule has 2 aromatic heterocycles. The molecule has 2 heterocycles. The monoisotopic (exact) mass is 393 g/mol. The van der Waals surface area contributed by atoms with Gasteiger partial charge in [-0.25, -0.2) is 9.37 Å². The van der Waals surface area contributed by atoms with E-state index >= 15 is 0 Å². The van der Waals surface area contributed by atoms with Crippen LogP contribution in [-0.4, -0.2) is 15.3 Å². The van der Waals surface area contributed by atoms with Gasteiger partial charge in [-0.05, 0) is 42.3 Å². The quantitative estimate of drug-likeness (QED) is 0.574. The Morgan fingerprint density at radius 1 is 1.14 bits per heavy atom. The predicted molar refractivity (Wildman–Crippen MR) is 107 cm³/mol. The fourth-order valence-corrected chi connectivity index (χ4v) is 3.71. The summed E-state index contributed by atoms with van der Waals surface area (Å²) in [4.78, 5) is 30.2. The lowest BCUT2D eigenvalue weighted by molar-refractivity contribution is 0.0949. The minimum absolute atomic E-state index is 0.0358. The molecule has 2 aromatic carbocycles. The van der Waals surface area contributed by atoms with Crippen LogP contribution in [-0.2, 0) is 6.54 Å². The second kappa shape index (κ2) is 7.36. The topological polar surface area (TPSA) is 63.5 Å². The Labute approximate surface area is 164 Å². The Kier molecular flexibility index (Phi) is 4.75. The van der Waals surface area contributed by atoms with Gasteiger partial charge in [0.25, 0.3) is 11.5 Å². The number of halogens is 1. The van der Waals surface area contributed by atoms with Crippen LogP contribution in [0, 0.1) is 12.7 Å². The van der Waals surface area contributed by atoms with Crippen molar-refractivity contribution in [1.82, 2.24) is 14.7 Å². The molecule has 1 N–H and O–H groups in total. The van der Waals surface area contributed by atoms with Crippen molar-refractivity contribution in [3.8, 4) is 11.3 Å². The van der Waals surface area contributed by atoms with Crippen molar-refractivity contribution in [2.24, 2.45) is 0 Å². The third kappa shape index (κ3) is 3.44. The molecule has 0 aliphatic carbocycles. The molecule has 0 aliphatic rings. The van der Waals surface area contributed by atoms with Gasteiger partial charge in [0, 0.05) is 18.1 Å². The van der Waals surface area contributed by atoms with E-state index in [4.69, 9.17) is 0 Å². The van der Waals surface area contributed by atoms with Crippen molar-refractivity contribution >= 4 is 22.2 Å². The standard InChI is InChI=1S/C21H16FN3O2S/c1-13-2-4-14(5-3-13)10-23-19(26)17-11-24-21-25(20(17)27)18(12-28-21)15-6-8-16(22)9-7-15/h2-9,11-12H,10H2,1H3,(H,23,26). The van der Waals surface area contributed by atoms with Crippen molar-refractivity contribution in [2.75, 3.05) is 0 Å². The lowest BCUT2D eigenvalue weighted by Crippen LogP contribution is -2.31. The predicted octanol–water partition coefficient (Wildman–Crippen LogP) is 3.80. The molecule has 0 bridgehead atoms. The summed E-state index contributed by atoms with van der Waals surface area (Å²) in [6.07, 6.45) is 1.30. The van der Waals surface area contributed by atoms with E-state index in [9.17, 15) is 14.0 Å². The number of amides is 1. The van der Waals surface area contributed by atoms with E-state index in [1.807, 2.05) is 31.2 Å². The molecule has 4 rings (SSSR count). The van der Waals surface area contributed by atoms with Crippen molar-refractivity contribution in [1.29, 1.82) is 0 Å². The summed E-state index contributed by atoms with van der Waals surface area (Å²) in [5.41, 5.74) is 2.84. The van der Waals surface area contributed by atoms with Crippen LogP contribution < -0.4 is 10.9 Å². The first-order valence-electron chi connectivity index (χ1n) is 8.62. The number of hydrogen-bond acceptors (Lipinski definition) is 4. The third-order valence-corrected chi connectivity index (χ3v) is 5.24. The molecule has 0 spiro atoms. The number of benzene rings is 2. The summed E-state index contributed by atoms with van der Waals surface area (Å²) in [6, 6.07) is 13.6. The molecule has 0 saturated heterocycles. The average Bonchev–Trinajstić information content (AvgIpc) is 3.13. The van der Waals surface area contributed by atoms with E-state index in [1.54, 1.807) is 17.5 Å². The average molecular weight is 393 g/mol. The molecule has 28 heavy (non-hydrogen) atoms. The molecule has 0 atom stereocenters. The molecule has 4 aromatic rings. The SMILES string of the molecule is Cc1ccc(CNC(=O)c2cnc3scc(-c4ccc(F)cc4)n3c2=O)cc1. The number of rotatable bonds is 4. The van der Waals surface area contributed by atoms with Crippen LogP contribution in [0.2, 0.25) is 0 Å². The molecule has 0 aliphatic heterocycles. The van der Waals surface area contributed by atoms with Gasteiger partial charge in [0.2, 0.25) is 0 Å². The summed E-state index contributed by atoms with van der Waals surface area (Å²) in [7, 11) is 0. The maximum Gasteiger partial charge on any atom is 0.271 e. The Morgan fingerprint density at radius 3 is 2.57 bits per heavy atom. The van der Waals surface area contributed by atoms with Gasteiger partial charge in [0.15, 0.2) is 4.96 Å². The van der Waals surface area contributed by atoms with Gasteiger partial charge >= 0.3 is 0 Å². The smallest absolute Gasteiger partial charge is 0.271 e. The molecule has 5 nitrogen and oxygen atoms in total. The summed E-state index contributed by atoms with van der Waals surface area (Å²) in [6.45, 7) is 2.31. The third-order valence-electron chi connectivity index (χ3n) is 4.40.